The van der Waals surface area contributed by atoms with Gasteiger partial charge in [-0.3, -0.25) is 4.79 Å². The second kappa shape index (κ2) is 11.2. The second-order valence-electron chi connectivity index (χ2n) is 10.3. The molecule has 0 radical (unpaired) electrons. The van der Waals surface area contributed by atoms with Gasteiger partial charge in [-0.05, 0) is 74.4 Å². The Bertz CT molecular complexity index is 1410. The van der Waals surface area contributed by atoms with Crippen LogP contribution in [-0.4, -0.2) is 28.1 Å². The number of aryl methyl sites for hydroxylation is 1. The highest BCUT2D eigenvalue weighted by atomic mass is 32.2. The number of esters is 1. The fourth-order valence-electron chi connectivity index (χ4n) is 4.88. The zero-order valence-corrected chi connectivity index (χ0v) is 23.1. The molecule has 1 atom stereocenters. The summed E-state index contributed by atoms with van der Waals surface area (Å²) in [6.07, 6.45) is 2.00. The molecule has 3 aromatic rings. The molecular formula is C30H35NO6S. The van der Waals surface area contributed by atoms with E-state index in [0.717, 1.165) is 47.1 Å². The quantitative estimate of drug-likeness (QED) is 0.340. The van der Waals surface area contributed by atoms with Crippen molar-refractivity contribution in [2.75, 3.05) is 13.7 Å². The van der Waals surface area contributed by atoms with Gasteiger partial charge in [0, 0.05) is 5.56 Å². The number of carbonyl (C=O) groups is 1. The molecule has 0 fully saturated rings. The van der Waals surface area contributed by atoms with Gasteiger partial charge < -0.3 is 14.2 Å². The molecule has 0 bridgehead atoms. The Hall–Kier alpha value is -3.36. The Labute approximate surface area is 225 Å². The topological polar surface area (TPSA) is 105 Å². The smallest absolute Gasteiger partial charge is 0.311 e. The summed E-state index contributed by atoms with van der Waals surface area (Å²) in [6.45, 7) is 6.04. The van der Waals surface area contributed by atoms with Gasteiger partial charge in [0.15, 0.2) is 0 Å². The molecule has 0 aliphatic carbocycles. The van der Waals surface area contributed by atoms with E-state index >= 15 is 0 Å². The maximum Gasteiger partial charge on any atom is 0.311 e. The molecule has 38 heavy (non-hydrogen) atoms. The van der Waals surface area contributed by atoms with Crippen LogP contribution in [0, 0.1) is 5.41 Å². The molecule has 202 valence electrons. The Morgan fingerprint density at radius 1 is 1.05 bits per heavy atom. The summed E-state index contributed by atoms with van der Waals surface area (Å²) in [4.78, 5) is 12.2. The summed E-state index contributed by atoms with van der Waals surface area (Å²) in [6, 6.07) is 19.4. The van der Waals surface area contributed by atoms with Gasteiger partial charge in [-0.1, -0.05) is 48.5 Å². The highest BCUT2D eigenvalue weighted by molar-refractivity contribution is 7.88. The van der Waals surface area contributed by atoms with Gasteiger partial charge in [0.1, 0.15) is 17.6 Å². The lowest BCUT2D eigenvalue weighted by molar-refractivity contribution is -0.153. The van der Waals surface area contributed by atoms with Crippen LogP contribution in [-0.2, 0) is 31.7 Å². The first-order chi connectivity index (χ1) is 18.0. The van der Waals surface area contributed by atoms with Crippen LogP contribution in [0.4, 0.5) is 0 Å². The van der Waals surface area contributed by atoms with E-state index in [1.54, 1.807) is 13.2 Å². The number of primary sulfonamides is 1. The predicted molar refractivity (Wildman–Crippen MR) is 148 cm³/mol. The van der Waals surface area contributed by atoms with E-state index in [9.17, 15) is 13.2 Å². The molecule has 2 N–H and O–H groups in total. The third kappa shape index (κ3) is 6.19. The summed E-state index contributed by atoms with van der Waals surface area (Å²) in [7, 11) is -2.07. The number of ether oxygens (including phenoxy) is 3. The molecule has 1 unspecified atom stereocenters. The molecule has 0 spiro atoms. The Morgan fingerprint density at radius 2 is 1.76 bits per heavy atom. The minimum absolute atomic E-state index is 0.165. The first-order valence-corrected chi connectivity index (χ1v) is 14.5. The second-order valence-corrected chi connectivity index (χ2v) is 11.9. The fraction of sp³-hybridized carbons (Fsp3) is 0.367. The largest absolute Gasteiger partial charge is 0.496 e. The van der Waals surface area contributed by atoms with E-state index < -0.39 is 21.5 Å². The van der Waals surface area contributed by atoms with E-state index in [0.29, 0.717) is 23.7 Å². The highest BCUT2D eigenvalue weighted by Gasteiger charge is 2.31. The van der Waals surface area contributed by atoms with Gasteiger partial charge in [0.05, 0.1) is 30.4 Å². The van der Waals surface area contributed by atoms with E-state index in [2.05, 4.69) is 12.1 Å². The molecule has 0 saturated heterocycles. The van der Waals surface area contributed by atoms with Gasteiger partial charge in [0.2, 0.25) is 10.0 Å². The molecular weight excluding hydrogens is 502 g/mol. The number of hydrogen-bond acceptors (Lipinski definition) is 6. The van der Waals surface area contributed by atoms with Gasteiger partial charge >= 0.3 is 5.97 Å². The van der Waals surface area contributed by atoms with Crippen LogP contribution in [0.15, 0.2) is 60.7 Å². The summed E-state index contributed by atoms with van der Waals surface area (Å²) in [5.74, 6) is 0.961. The lowest BCUT2D eigenvalue weighted by Gasteiger charge is -2.30. The number of carbonyl (C=O) groups excluding carboxylic acids is 1. The standard InChI is InChI=1S/C30H35NO6S/c1-5-36-29(32)30(2,3)17-7-8-20-11-14-22(15-12-20)28-24-18-21(19-38(31,33)34)13-16-23(24)27-25(35-4)9-6-10-26(27)37-28/h6,9-16,18,28H,5,7-8,17,19H2,1-4H3,(H2,31,33,34). The molecule has 0 aromatic heterocycles. The van der Waals surface area contributed by atoms with Crippen LogP contribution in [0.5, 0.6) is 11.5 Å². The Balaban J connectivity index is 1.60. The summed E-state index contributed by atoms with van der Waals surface area (Å²) >= 11 is 0. The normalized spacial score (nSPS) is 14.7. The number of sulfonamides is 1. The number of rotatable bonds is 10. The van der Waals surface area contributed by atoms with Crippen LogP contribution in [0.3, 0.4) is 0 Å². The van der Waals surface area contributed by atoms with Gasteiger partial charge in [-0.2, -0.15) is 0 Å². The predicted octanol–water partition coefficient (Wildman–Crippen LogP) is 5.54. The number of nitrogens with two attached hydrogens (primary N) is 1. The Kier molecular flexibility index (Phi) is 8.13. The number of hydrogen-bond donors (Lipinski definition) is 1. The van der Waals surface area contributed by atoms with Crippen molar-refractivity contribution < 1.29 is 27.4 Å². The Morgan fingerprint density at radius 3 is 2.42 bits per heavy atom. The van der Waals surface area contributed by atoms with Crippen LogP contribution in [0.2, 0.25) is 0 Å². The number of methoxy groups -OCH3 is 1. The van der Waals surface area contributed by atoms with Crippen LogP contribution < -0.4 is 14.6 Å². The van der Waals surface area contributed by atoms with Crippen molar-refractivity contribution in [1.82, 2.24) is 0 Å². The van der Waals surface area contributed by atoms with E-state index in [1.165, 1.54) is 0 Å². The lowest BCUT2D eigenvalue weighted by Crippen LogP contribution is -2.26. The molecule has 1 aliphatic heterocycles. The number of benzene rings is 3. The zero-order chi connectivity index (χ0) is 27.5. The highest BCUT2D eigenvalue weighted by Crippen LogP contribution is 2.49. The molecule has 3 aromatic carbocycles. The van der Waals surface area contributed by atoms with Crippen molar-refractivity contribution in [3.8, 4) is 22.6 Å². The molecule has 8 heteroatoms. The van der Waals surface area contributed by atoms with Crippen LogP contribution >= 0.6 is 0 Å². The first-order valence-electron chi connectivity index (χ1n) is 12.8. The molecule has 0 saturated carbocycles. The lowest BCUT2D eigenvalue weighted by atomic mass is 9.86. The number of fused-ring (bicyclic) bond motifs is 3. The first kappa shape index (κ1) is 27.7. The van der Waals surface area contributed by atoms with E-state index in [1.807, 2.05) is 63.2 Å². The molecule has 1 aliphatic rings. The SMILES string of the molecule is CCOC(=O)C(C)(C)CCCc1ccc(C2Oc3cccc(OC)c3-c3ccc(CS(N)(=O)=O)cc32)cc1. The van der Waals surface area contributed by atoms with Crippen molar-refractivity contribution in [3.63, 3.8) is 0 Å². The average molecular weight is 538 g/mol. The summed E-state index contributed by atoms with van der Waals surface area (Å²) < 4.78 is 40.8. The molecule has 4 rings (SSSR count). The van der Waals surface area contributed by atoms with Crippen molar-refractivity contribution in [1.29, 1.82) is 0 Å². The van der Waals surface area contributed by atoms with Crippen molar-refractivity contribution in [3.05, 3.63) is 82.9 Å². The molecule has 1 heterocycles. The monoisotopic (exact) mass is 537 g/mol. The van der Waals surface area contributed by atoms with Crippen molar-refractivity contribution in [2.45, 2.75) is 51.9 Å². The fourth-order valence-corrected chi connectivity index (χ4v) is 5.53. The van der Waals surface area contributed by atoms with Crippen molar-refractivity contribution in [2.24, 2.45) is 10.6 Å². The minimum atomic E-state index is -3.69. The van der Waals surface area contributed by atoms with Crippen LogP contribution in [0.25, 0.3) is 11.1 Å². The molecule has 0 amide bonds. The van der Waals surface area contributed by atoms with Gasteiger partial charge in [-0.25, -0.2) is 13.6 Å². The summed E-state index contributed by atoms with van der Waals surface area (Å²) in [5.41, 5.74) is 4.81. The van der Waals surface area contributed by atoms with Gasteiger partial charge in [0.25, 0.3) is 0 Å². The zero-order valence-electron chi connectivity index (χ0n) is 22.3. The van der Waals surface area contributed by atoms with Crippen LogP contribution in [0.1, 0.15) is 62.0 Å². The third-order valence-corrected chi connectivity index (χ3v) is 7.60. The van der Waals surface area contributed by atoms with E-state index in [-0.39, 0.29) is 11.7 Å². The van der Waals surface area contributed by atoms with Gasteiger partial charge in [-0.15, -0.1) is 0 Å². The maximum atomic E-state index is 12.2. The maximum absolute atomic E-state index is 12.2. The summed E-state index contributed by atoms with van der Waals surface area (Å²) in [5, 5.41) is 5.32. The third-order valence-electron chi connectivity index (χ3n) is 6.87. The minimum Gasteiger partial charge on any atom is -0.496 e. The average Bonchev–Trinajstić information content (AvgIpc) is 2.87. The molecule has 7 nitrogen and oxygen atoms in total. The van der Waals surface area contributed by atoms with Crippen molar-refractivity contribution >= 4 is 16.0 Å². The van der Waals surface area contributed by atoms with E-state index in [4.69, 9.17) is 19.3 Å².